The lowest BCUT2D eigenvalue weighted by Gasteiger charge is -2.34. The number of nitrogens with one attached hydrogen (secondary N) is 1. The third kappa shape index (κ3) is 4.93. The fraction of sp³-hybridized carbons (Fsp3) is 0.368. The van der Waals surface area contributed by atoms with Gasteiger partial charge in [0.2, 0.25) is 10.0 Å². The average Bonchev–Trinajstić information content (AvgIpc) is 2.67. The molecule has 0 saturated carbocycles. The van der Waals surface area contributed by atoms with Gasteiger partial charge in [-0.15, -0.1) is 0 Å². The number of benzene rings is 2. The summed E-state index contributed by atoms with van der Waals surface area (Å²) in [4.78, 5) is 4.76. The Balaban J connectivity index is 1.63. The first-order chi connectivity index (χ1) is 12.9. The molecule has 146 valence electrons. The molecule has 8 heteroatoms. The van der Waals surface area contributed by atoms with Crippen LogP contribution in [0, 0.1) is 0 Å². The number of methoxy groups -OCH3 is 1. The lowest BCUT2D eigenvalue weighted by atomic mass is 10.2. The quantitative estimate of drug-likeness (QED) is 0.794. The van der Waals surface area contributed by atoms with E-state index in [0.29, 0.717) is 5.75 Å². The minimum Gasteiger partial charge on any atom is -0.495 e. The van der Waals surface area contributed by atoms with Crippen molar-refractivity contribution in [3.05, 3.63) is 53.1 Å². The molecule has 2 aromatic carbocycles. The van der Waals surface area contributed by atoms with Gasteiger partial charge < -0.3 is 14.5 Å². The van der Waals surface area contributed by atoms with Gasteiger partial charge >= 0.3 is 0 Å². The van der Waals surface area contributed by atoms with E-state index in [1.807, 2.05) is 24.3 Å². The van der Waals surface area contributed by atoms with E-state index in [-0.39, 0.29) is 16.5 Å². The van der Waals surface area contributed by atoms with Gasteiger partial charge in [-0.2, -0.15) is 0 Å². The third-order valence-corrected chi connectivity index (χ3v) is 6.40. The van der Waals surface area contributed by atoms with Crippen molar-refractivity contribution in [2.75, 3.05) is 45.2 Å². The van der Waals surface area contributed by atoms with Gasteiger partial charge in [0.1, 0.15) is 5.75 Å². The fourth-order valence-electron chi connectivity index (χ4n) is 2.97. The molecule has 1 aliphatic rings. The SMILES string of the molecule is COc1ccc(S(=O)(=O)NCc2ccc(N3CCN(C)CC3)cc2)cc1Cl. The van der Waals surface area contributed by atoms with Gasteiger partial charge in [-0.25, -0.2) is 13.1 Å². The van der Waals surface area contributed by atoms with Crippen LogP contribution in [0.25, 0.3) is 0 Å². The maximum atomic E-state index is 12.5. The zero-order valence-electron chi connectivity index (χ0n) is 15.5. The summed E-state index contributed by atoms with van der Waals surface area (Å²) in [5.74, 6) is 0.440. The smallest absolute Gasteiger partial charge is 0.240 e. The first-order valence-electron chi connectivity index (χ1n) is 8.75. The summed E-state index contributed by atoms with van der Waals surface area (Å²) in [5.41, 5.74) is 2.06. The number of hydrogen-bond acceptors (Lipinski definition) is 5. The van der Waals surface area contributed by atoms with Crippen molar-refractivity contribution in [3.8, 4) is 5.75 Å². The topological polar surface area (TPSA) is 61.9 Å². The predicted octanol–water partition coefficient (Wildman–Crippen LogP) is 2.58. The van der Waals surface area contributed by atoms with Crippen LogP contribution in [0.5, 0.6) is 5.75 Å². The second-order valence-corrected chi connectivity index (χ2v) is 8.75. The number of halogens is 1. The first kappa shape index (κ1) is 19.9. The Morgan fingerprint density at radius 3 is 2.33 bits per heavy atom. The number of hydrogen-bond donors (Lipinski definition) is 1. The Bertz CT molecular complexity index is 880. The van der Waals surface area contributed by atoms with E-state index in [1.54, 1.807) is 6.07 Å². The van der Waals surface area contributed by atoms with Crippen LogP contribution in [0.2, 0.25) is 5.02 Å². The van der Waals surface area contributed by atoms with Crippen molar-refractivity contribution < 1.29 is 13.2 Å². The predicted molar refractivity (Wildman–Crippen MR) is 108 cm³/mol. The lowest BCUT2D eigenvalue weighted by Crippen LogP contribution is -2.44. The number of nitrogens with zero attached hydrogens (tertiary/aromatic N) is 2. The Hall–Kier alpha value is -1.80. The van der Waals surface area contributed by atoms with Crippen molar-refractivity contribution in [3.63, 3.8) is 0 Å². The molecule has 0 bridgehead atoms. The van der Waals surface area contributed by atoms with Gasteiger partial charge in [-0.3, -0.25) is 0 Å². The molecule has 6 nitrogen and oxygen atoms in total. The minimum absolute atomic E-state index is 0.113. The zero-order valence-corrected chi connectivity index (χ0v) is 17.1. The number of likely N-dealkylation sites (N-methyl/N-ethyl adjacent to an activating group) is 1. The van der Waals surface area contributed by atoms with Crippen molar-refractivity contribution >= 4 is 27.3 Å². The molecule has 0 spiro atoms. The van der Waals surface area contributed by atoms with Crippen LogP contribution in [-0.2, 0) is 16.6 Å². The van der Waals surface area contributed by atoms with E-state index < -0.39 is 10.0 Å². The molecule has 1 aliphatic heterocycles. The van der Waals surface area contributed by atoms with Crippen LogP contribution in [0.15, 0.2) is 47.4 Å². The van der Waals surface area contributed by atoms with E-state index >= 15 is 0 Å². The van der Waals surface area contributed by atoms with E-state index in [4.69, 9.17) is 16.3 Å². The molecule has 1 fully saturated rings. The normalized spacial score (nSPS) is 15.7. The molecular formula is C19H24ClN3O3S. The molecule has 0 unspecified atom stereocenters. The first-order valence-corrected chi connectivity index (χ1v) is 10.6. The highest BCUT2D eigenvalue weighted by atomic mass is 35.5. The Morgan fingerprint density at radius 1 is 1.07 bits per heavy atom. The molecule has 0 aliphatic carbocycles. The van der Waals surface area contributed by atoms with E-state index in [9.17, 15) is 8.42 Å². The van der Waals surface area contributed by atoms with Gasteiger partial charge in [-0.05, 0) is 42.9 Å². The highest BCUT2D eigenvalue weighted by Gasteiger charge is 2.17. The van der Waals surface area contributed by atoms with Crippen LogP contribution >= 0.6 is 11.6 Å². The Morgan fingerprint density at radius 2 is 1.74 bits per heavy atom. The fourth-order valence-corrected chi connectivity index (χ4v) is 4.33. The molecular weight excluding hydrogens is 386 g/mol. The van der Waals surface area contributed by atoms with E-state index in [0.717, 1.165) is 37.4 Å². The summed E-state index contributed by atoms with van der Waals surface area (Å²) >= 11 is 6.03. The standard InChI is InChI=1S/C19H24ClN3O3S/c1-22-9-11-23(12-10-22)16-5-3-15(4-6-16)14-21-27(24,25)17-7-8-19(26-2)18(20)13-17/h3-8,13,21H,9-12,14H2,1-2H3. The van der Waals surface area contributed by atoms with Gasteiger partial charge in [0.05, 0.1) is 17.0 Å². The van der Waals surface area contributed by atoms with Gasteiger partial charge in [0.25, 0.3) is 0 Å². The number of anilines is 1. The van der Waals surface area contributed by atoms with Gasteiger partial charge in [0, 0.05) is 38.4 Å². The molecule has 0 amide bonds. The molecule has 0 aromatic heterocycles. The summed E-state index contributed by atoms with van der Waals surface area (Å²) < 4.78 is 32.6. The third-order valence-electron chi connectivity index (χ3n) is 4.70. The maximum Gasteiger partial charge on any atom is 0.240 e. The number of piperazine rings is 1. The summed E-state index contributed by atoms with van der Waals surface area (Å²) in [5, 5.41) is 0.261. The molecule has 27 heavy (non-hydrogen) atoms. The Kier molecular flexibility index (Phi) is 6.26. The maximum absolute atomic E-state index is 12.5. The second kappa shape index (κ2) is 8.48. The summed E-state index contributed by atoms with van der Waals surface area (Å²) in [6, 6.07) is 12.4. The van der Waals surface area contributed by atoms with Crippen LogP contribution in [0.1, 0.15) is 5.56 Å². The van der Waals surface area contributed by atoms with Crippen LogP contribution < -0.4 is 14.4 Å². The number of rotatable bonds is 6. The van der Waals surface area contributed by atoms with Crippen LogP contribution in [0.4, 0.5) is 5.69 Å². The zero-order chi connectivity index (χ0) is 19.4. The van der Waals surface area contributed by atoms with Crippen molar-refractivity contribution in [2.45, 2.75) is 11.4 Å². The minimum atomic E-state index is -3.65. The van der Waals surface area contributed by atoms with Gasteiger partial charge in [-0.1, -0.05) is 23.7 Å². The molecule has 0 atom stereocenters. The summed E-state index contributed by atoms with van der Waals surface area (Å²) in [7, 11) is -0.0355. The summed E-state index contributed by atoms with van der Waals surface area (Å²) in [6.07, 6.45) is 0. The van der Waals surface area contributed by atoms with Gasteiger partial charge in [0.15, 0.2) is 0 Å². The van der Waals surface area contributed by atoms with Crippen LogP contribution in [0.3, 0.4) is 0 Å². The number of sulfonamides is 1. The highest BCUT2D eigenvalue weighted by molar-refractivity contribution is 7.89. The molecule has 2 aromatic rings. The summed E-state index contributed by atoms with van der Waals surface area (Å²) in [6.45, 7) is 4.31. The van der Waals surface area contributed by atoms with Crippen molar-refractivity contribution in [1.29, 1.82) is 0 Å². The Labute approximate surface area is 165 Å². The van der Waals surface area contributed by atoms with Crippen molar-refractivity contribution in [2.24, 2.45) is 0 Å². The molecule has 1 N–H and O–H groups in total. The lowest BCUT2D eigenvalue weighted by molar-refractivity contribution is 0.313. The average molecular weight is 410 g/mol. The number of ether oxygens (including phenoxy) is 1. The second-order valence-electron chi connectivity index (χ2n) is 6.58. The molecule has 3 rings (SSSR count). The largest absolute Gasteiger partial charge is 0.495 e. The van der Waals surface area contributed by atoms with E-state index in [1.165, 1.54) is 19.2 Å². The highest BCUT2D eigenvalue weighted by Crippen LogP contribution is 2.27. The van der Waals surface area contributed by atoms with Crippen LogP contribution in [-0.4, -0.2) is 53.7 Å². The van der Waals surface area contributed by atoms with E-state index in [2.05, 4.69) is 21.6 Å². The monoisotopic (exact) mass is 409 g/mol. The van der Waals surface area contributed by atoms with Crippen molar-refractivity contribution in [1.82, 2.24) is 9.62 Å². The molecule has 1 heterocycles. The molecule has 0 radical (unpaired) electrons. The molecule has 1 saturated heterocycles.